The van der Waals surface area contributed by atoms with E-state index in [4.69, 9.17) is 0 Å². The topological polar surface area (TPSA) is 12.0 Å². The zero-order chi connectivity index (χ0) is 9.38. The second-order valence-corrected chi connectivity index (χ2v) is 4.22. The van der Waals surface area contributed by atoms with Crippen molar-refractivity contribution in [3.63, 3.8) is 0 Å². The minimum absolute atomic E-state index is 0. The number of hydrogen-bond acceptors (Lipinski definition) is 2. The van der Waals surface area contributed by atoms with Gasteiger partial charge in [-0.3, -0.25) is 0 Å². The molecule has 0 saturated carbocycles. The Balaban J connectivity index is 0.000000853. The van der Waals surface area contributed by atoms with Crippen LogP contribution in [0.25, 0.3) is 0 Å². The maximum Gasteiger partial charge on any atom is 0.0498 e. The number of nitrogens with one attached hydrogen (secondary N) is 1. The molecule has 1 nitrogen and oxygen atoms in total. The first-order chi connectivity index (χ1) is 6.93. The van der Waals surface area contributed by atoms with Gasteiger partial charge in [0.2, 0.25) is 0 Å². The molecular weight excluding hydrogens is 382 g/mol. The number of fused-ring (bicyclic) bond motifs is 2. The van der Waals surface area contributed by atoms with Gasteiger partial charge >= 0.3 is 0 Å². The first-order valence-corrected chi connectivity index (χ1v) is 5.30. The molecule has 0 aromatic heterocycles. The van der Waals surface area contributed by atoms with Gasteiger partial charge in [0.1, 0.15) is 0 Å². The fourth-order valence-electron chi connectivity index (χ4n) is 1.52. The van der Waals surface area contributed by atoms with Gasteiger partial charge in [0.25, 0.3) is 0 Å². The van der Waals surface area contributed by atoms with Crippen LogP contribution in [0.5, 0.6) is 0 Å². The molecule has 0 saturated heterocycles. The molecule has 0 bridgehead atoms. The molecule has 3 heteroatoms. The summed E-state index contributed by atoms with van der Waals surface area (Å²) >= 11 is 1.79. The average Bonchev–Trinajstić information content (AvgIpc) is 2.26. The largest absolute Gasteiger partial charge is 0.377 e. The van der Waals surface area contributed by atoms with Crippen molar-refractivity contribution < 1.29 is 20.1 Å². The van der Waals surface area contributed by atoms with Crippen LogP contribution in [0, 0.1) is 6.07 Å². The molecule has 1 N–H and O–H groups in total. The first-order valence-electron chi connectivity index (χ1n) is 4.48. The number of anilines is 2. The van der Waals surface area contributed by atoms with Crippen LogP contribution in [-0.4, -0.2) is 0 Å². The van der Waals surface area contributed by atoms with Crippen LogP contribution in [0.1, 0.15) is 0 Å². The summed E-state index contributed by atoms with van der Waals surface area (Å²) < 4.78 is 0. The maximum absolute atomic E-state index is 3.36. The van der Waals surface area contributed by atoms with Crippen molar-refractivity contribution in [3.8, 4) is 0 Å². The molecule has 0 unspecified atom stereocenters. The third kappa shape index (κ3) is 1.96. The Kier molecular flexibility index (Phi) is 3.15. The Morgan fingerprint density at radius 2 is 1.80 bits per heavy atom. The van der Waals surface area contributed by atoms with E-state index in [9.17, 15) is 0 Å². The van der Waals surface area contributed by atoms with Crippen molar-refractivity contribution >= 4 is 23.1 Å². The third-order valence-corrected chi connectivity index (χ3v) is 3.32. The predicted octanol–water partition coefficient (Wildman–Crippen LogP) is 3.69. The standard InChI is InChI=1S/C12H8NS.Ir/c1-3-7-11-9(5-1)13-10-6-2-4-8-12(10)14-11;/h1-5,7-8,13H;/q-1;. The maximum atomic E-state index is 3.36. The molecule has 3 rings (SSSR count). The van der Waals surface area contributed by atoms with E-state index in [-0.39, 0.29) is 20.1 Å². The van der Waals surface area contributed by atoms with E-state index in [1.54, 1.807) is 11.8 Å². The molecule has 0 amide bonds. The molecule has 0 fully saturated rings. The second kappa shape index (κ2) is 4.40. The van der Waals surface area contributed by atoms with E-state index in [2.05, 4.69) is 35.6 Å². The summed E-state index contributed by atoms with van der Waals surface area (Å²) in [4.78, 5) is 2.52. The van der Waals surface area contributed by atoms with Crippen molar-refractivity contribution in [3.05, 3.63) is 48.5 Å². The Hall–Kier alpha value is -0.761. The van der Waals surface area contributed by atoms with Crippen LogP contribution < -0.4 is 5.32 Å². The smallest absolute Gasteiger partial charge is 0.0498 e. The normalized spacial score (nSPS) is 11.7. The van der Waals surface area contributed by atoms with E-state index in [0.29, 0.717) is 0 Å². The molecule has 2 aromatic carbocycles. The van der Waals surface area contributed by atoms with Gasteiger partial charge < -0.3 is 5.32 Å². The zero-order valence-corrected chi connectivity index (χ0v) is 11.0. The van der Waals surface area contributed by atoms with E-state index in [1.807, 2.05) is 18.2 Å². The van der Waals surface area contributed by atoms with Crippen molar-refractivity contribution in [1.82, 2.24) is 0 Å². The zero-order valence-electron chi connectivity index (χ0n) is 7.78. The van der Waals surface area contributed by atoms with Gasteiger partial charge in [-0.05, 0) is 12.1 Å². The van der Waals surface area contributed by atoms with Crippen LogP contribution >= 0.6 is 11.8 Å². The Labute approximate surface area is 107 Å². The van der Waals surface area contributed by atoms with Gasteiger partial charge in [0, 0.05) is 30.7 Å². The van der Waals surface area contributed by atoms with Crippen LogP contribution in [0.3, 0.4) is 0 Å². The van der Waals surface area contributed by atoms with Crippen LogP contribution in [0.15, 0.2) is 52.3 Å². The van der Waals surface area contributed by atoms with E-state index < -0.39 is 0 Å². The van der Waals surface area contributed by atoms with Crippen molar-refractivity contribution in [2.45, 2.75) is 9.79 Å². The molecule has 0 atom stereocenters. The molecule has 1 aliphatic heterocycles. The molecule has 2 aromatic rings. The van der Waals surface area contributed by atoms with Gasteiger partial charge in [0.15, 0.2) is 0 Å². The third-order valence-electron chi connectivity index (χ3n) is 2.18. The molecule has 1 heterocycles. The fourth-order valence-corrected chi connectivity index (χ4v) is 2.49. The monoisotopic (exact) mass is 391 g/mol. The Bertz CT molecular complexity index is 397. The average molecular weight is 390 g/mol. The second-order valence-electron chi connectivity index (χ2n) is 3.13. The van der Waals surface area contributed by atoms with Gasteiger partial charge in [-0.15, -0.1) is 0 Å². The quantitative estimate of drug-likeness (QED) is 0.588. The summed E-state index contributed by atoms with van der Waals surface area (Å²) in [5.74, 6) is 0. The molecular formula is C12H8IrNS-. The van der Waals surface area contributed by atoms with Crippen molar-refractivity contribution in [2.24, 2.45) is 0 Å². The van der Waals surface area contributed by atoms with Gasteiger partial charge in [0.05, 0.1) is 0 Å². The summed E-state index contributed by atoms with van der Waals surface area (Å²) in [6, 6.07) is 17.6. The number of para-hydroxylation sites is 2. The summed E-state index contributed by atoms with van der Waals surface area (Å²) in [5, 5.41) is 3.36. The molecule has 0 aliphatic carbocycles. The summed E-state index contributed by atoms with van der Waals surface area (Å²) in [5.41, 5.74) is 2.25. The summed E-state index contributed by atoms with van der Waals surface area (Å²) in [6.07, 6.45) is 0. The number of rotatable bonds is 0. The van der Waals surface area contributed by atoms with Gasteiger partial charge in [-0.2, -0.15) is 36.0 Å². The Morgan fingerprint density at radius 3 is 2.73 bits per heavy atom. The predicted molar refractivity (Wildman–Crippen MR) is 59.1 cm³/mol. The van der Waals surface area contributed by atoms with Gasteiger partial charge in [-0.25, -0.2) is 0 Å². The molecule has 0 spiro atoms. The molecule has 15 heavy (non-hydrogen) atoms. The summed E-state index contributed by atoms with van der Waals surface area (Å²) in [6.45, 7) is 0. The van der Waals surface area contributed by atoms with Crippen molar-refractivity contribution in [1.29, 1.82) is 0 Å². The molecule has 1 radical (unpaired) electrons. The molecule has 1 aliphatic rings. The van der Waals surface area contributed by atoms with Crippen molar-refractivity contribution in [2.75, 3.05) is 5.32 Å². The number of benzene rings is 2. The van der Waals surface area contributed by atoms with Crippen LogP contribution in [0.2, 0.25) is 0 Å². The van der Waals surface area contributed by atoms with Crippen LogP contribution in [0.4, 0.5) is 11.4 Å². The minimum atomic E-state index is 0. The Morgan fingerprint density at radius 1 is 1.00 bits per heavy atom. The first kappa shape index (κ1) is 10.7. The van der Waals surface area contributed by atoms with Crippen LogP contribution in [-0.2, 0) is 20.1 Å². The fraction of sp³-hybridized carbons (Fsp3) is 0. The summed E-state index contributed by atoms with van der Waals surface area (Å²) in [7, 11) is 0. The van der Waals surface area contributed by atoms with Gasteiger partial charge in [-0.1, -0.05) is 22.7 Å². The SMILES string of the molecule is [Ir].[c-]1cccc2c1Nc1ccccc1S2. The molecule has 77 valence electrons. The van der Waals surface area contributed by atoms with E-state index in [1.165, 1.54) is 15.5 Å². The van der Waals surface area contributed by atoms with E-state index >= 15 is 0 Å². The minimum Gasteiger partial charge on any atom is -0.377 e. The van der Waals surface area contributed by atoms with E-state index in [0.717, 1.165) is 5.69 Å². The number of hydrogen-bond donors (Lipinski definition) is 1.